The minimum absolute atomic E-state index is 0.00493. The number of hydrogen-bond donors (Lipinski definition) is 3. The van der Waals surface area contributed by atoms with Crippen molar-refractivity contribution in [2.75, 3.05) is 6.61 Å². The van der Waals surface area contributed by atoms with Gasteiger partial charge in [-0.05, 0) is 57.9 Å². The number of epoxide rings is 1. The fraction of sp³-hybridized carbons (Fsp3) is 0.742. The normalized spacial score (nSPS) is 37.6. The predicted octanol–water partition coefficient (Wildman–Crippen LogP) is 3.88. The maximum Gasteiger partial charge on any atom is 0.243 e. The van der Waals surface area contributed by atoms with Gasteiger partial charge >= 0.3 is 0 Å². The van der Waals surface area contributed by atoms with Crippen LogP contribution in [0.15, 0.2) is 36.0 Å². The highest BCUT2D eigenvalue weighted by atomic mass is 16.6. The highest BCUT2D eigenvalue weighted by Gasteiger charge is 2.58. The van der Waals surface area contributed by atoms with Gasteiger partial charge in [-0.25, -0.2) is 0 Å². The van der Waals surface area contributed by atoms with Crippen molar-refractivity contribution < 1.29 is 28.9 Å². The number of amides is 2. The van der Waals surface area contributed by atoms with Crippen LogP contribution in [0.1, 0.15) is 85.5 Å². The fourth-order valence-electron chi connectivity index (χ4n) is 6.15. The Morgan fingerprint density at radius 3 is 2.54 bits per heavy atom. The summed E-state index contributed by atoms with van der Waals surface area (Å²) >= 11 is 0. The number of hydrogen-bond acceptors (Lipinski definition) is 6. The molecule has 39 heavy (non-hydrogen) atoms. The third-order valence-electron chi connectivity index (χ3n) is 8.69. The summed E-state index contributed by atoms with van der Waals surface area (Å²) in [5.74, 6) is 0.264. The predicted molar refractivity (Wildman–Crippen MR) is 150 cm³/mol. The summed E-state index contributed by atoms with van der Waals surface area (Å²) in [5.41, 5.74) is 0.462. The van der Waals surface area contributed by atoms with E-state index in [0.29, 0.717) is 25.4 Å². The Kier molecular flexibility index (Phi) is 10.4. The number of carbonyl (C=O) groups excluding carboxylic acids is 2. The third kappa shape index (κ3) is 8.26. The molecule has 4 fully saturated rings. The van der Waals surface area contributed by atoms with Gasteiger partial charge in [0.05, 0.1) is 37.4 Å². The Morgan fingerprint density at radius 2 is 1.85 bits per heavy atom. The molecular weight excluding hydrogens is 496 g/mol. The number of rotatable bonds is 10. The molecule has 0 radical (unpaired) electrons. The standard InChI is InChI=1S/C31H48N2O6/c1-5-6-11-28(34)33-25-16-21(3)26(38-22(25)4)14-12-20(2)13-15-27-30(36)31(19-37-31)18-24(39-27)17-29(35)32-23-9-7-8-10-23/h6,11-13,15,21-27,30,36H,5,7-10,14,16-19H2,1-4H3,(H,32,35)(H,33,34)/b11-6-,15-13+,20-12+/t21?,22?,24-,25?,26?,27?,30-,31?/m1/s1. The van der Waals surface area contributed by atoms with E-state index in [2.05, 4.69) is 23.6 Å². The van der Waals surface area contributed by atoms with Gasteiger partial charge in [0.15, 0.2) is 0 Å². The number of ether oxygens (including phenoxy) is 3. The summed E-state index contributed by atoms with van der Waals surface area (Å²) in [6.45, 7) is 8.72. The number of nitrogens with one attached hydrogen (secondary N) is 2. The number of carbonyl (C=O) groups is 2. The van der Waals surface area contributed by atoms with E-state index in [9.17, 15) is 14.7 Å². The van der Waals surface area contributed by atoms with Crippen LogP contribution in [0, 0.1) is 5.92 Å². The van der Waals surface area contributed by atoms with Crippen LogP contribution < -0.4 is 10.6 Å². The minimum atomic E-state index is -0.752. The van der Waals surface area contributed by atoms with Crippen LogP contribution in [0.4, 0.5) is 0 Å². The van der Waals surface area contributed by atoms with Crippen molar-refractivity contribution in [1.82, 2.24) is 10.6 Å². The first-order valence-corrected chi connectivity index (χ1v) is 14.9. The second-order valence-electron chi connectivity index (χ2n) is 12.0. The van der Waals surface area contributed by atoms with Gasteiger partial charge in [0.2, 0.25) is 11.8 Å². The molecule has 1 spiro atoms. The van der Waals surface area contributed by atoms with E-state index in [0.717, 1.165) is 37.7 Å². The SMILES string of the molecule is CC/C=C\C(=O)NC1CC(C)C(C/C=C(C)/C=C/C2O[C@H](CC(=O)NC3CCCC3)CC3(CO3)[C@@H]2O)OC1C. The van der Waals surface area contributed by atoms with Crippen LogP contribution in [0.25, 0.3) is 0 Å². The van der Waals surface area contributed by atoms with Gasteiger partial charge in [-0.3, -0.25) is 9.59 Å². The zero-order valence-corrected chi connectivity index (χ0v) is 24.1. The lowest BCUT2D eigenvalue weighted by Crippen LogP contribution is -2.51. The molecule has 4 rings (SSSR count). The molecule has 0 bridgehead atoms. The van der Waals surface area contributed by atoms with E-state index in [1.54, 1.807) is 6.08 Å². The molecule has 8 atom stereocenters. The molecule has 3 saturated heterocycles. The van der Waals surface area contributed by atoms with E-state index in [4.69, 9.17) is 14.2 Å². The highest BCUT2D eigenvalue weighted by Crippen LogP contribution is 2.43. The monoisotopic (exact) mass is 544 g/mol. The van der Waals surface area contributed by atoms with Gasteiger partial charge < -0.3 is 30.0 Å². The molecule has 0 aromatic heterocycles. The third-order valence-corrected chi connectivity index (χ3v) is 8.69. The van der Waals surface area contributed by atoms with Gasteiger partial charge in [0.25, 0.3) is 0 Å². The summed E-state index contributed by atoms with van der Waals surface area (Å²) in [4.78, 5) is 24.7. The Bertz CT molecular complexity index is 935. The first-order valence-electron chi connectivity index (χ1n) is 14.9. The number of aliphatic hydroxyl groups excluding tert-OH is 1. The smallest absolute Gasteiger partial charge is 0.243 e. The van der Waals surface area contributed by atoms with E-state index < -0.39 is 17.8 Å². The van der Waals surface area contributed by atoms with Crippen molar-refractivity contribution in [3.63, 3.8) is 0 Å². The molecule has 3 aliphatic heterocycles. The Balaban J connectivity index is 1.28. The molecule has 8 heteroatoms. The van der Waals surface area contributed by atoms with E-state index in [1.165, 1.54) is 12.8 Å². The van der Waals surface area contributed by atoms with Crippen LogP contribution in [0.2, 0.25) is 0 Å². The summed E-state index contributed by atoms with van der Waals surface area (Å²) in [6, 6.07) is 0.290. The lowest BCUT2D eigenvalue weighted by molar-refractivity contribution is -0.145. The molecule has 6 unspecified atom stereocenters. The molecule has 1 saturated carbocycles. The van der Waals surface area contributed by atoms with E-state index in [-0.39, 0.29) is 42.2 Å². The molecule has 2 amide bonds. The van der Waals surface area contributed by atoms with Crippen molar-refractivity contribution in [2.45, 2.75) is 134 Å². The van der Waals surface area contributed by atoms with Crippen LogP contribution in [-0.4, -0.2) is 71.7 Å². The topological polar surface area (TPSA) is 109 Å². The largest absolute Gasteiger partial charge is 0.387 e. The van der Waals surface area contributed by atoms with Crippen molar-refractivity contribution in [1.29, 1.82) is 0 Å². The second-order valence-corrected chi connectivity index (χ2v) is 12.0. The van der Waals surface area contributed by atoms with Crippen LogP contribution in [0.5, 0.6) is 0 Å². The van der Waals surface area contributed by atoms with Crippen molar-refractivity contribution in [3.05, 3.63) is 36.0 Å². The van der Waals surface area contributed by atoms with Crippen molar-refractivity contribution >= 4 is 11.8 Å². The molecule has 4 aliphatic rings. The van der Waals surface area contributed by atoms with Gasteiger partial charge in [0, 0.05) is 12.5 Å². The Morgan fingerprint density at radius 1 is 1.10 bits per heavy atom. The van der Waals surface area contributed by atoms with Crippen molar-refractivity contribution in [2.24, 2.45) is 5.92 Å². The number of aliphatic hydroxyl groups is 1. The fourth-order valence-corrected chi connectivity index (χ4v) is 6.15. The highest BCUT2D eigenvalue weighted by molar-refractivity contribution is 5.87. The average Bonchev–Trinajstić information content (AvgIpc) is 3.48. The molecule has 1 aliphatic carbocycles. The average molecular weight is 545 g/mol. The van der Waals surface area contributed by atoms with Gasteiger partial charge in [-0.2, -0.15) is 0 Å². The zero-order valence-electron chi connectivity index (χ0n) is 24.1. The number of allylic oxidation sites excluding steroid dienone is 3. The Labute approximate surface area is 233 Å². The molecule has 0 aromatic rings. The summed E-state index contributed by atoms with van der Waals surface area (Å²) < 4.78 is 18.1. The Hall–Kier alpha value is -2.00. The zero-order chi connectivity index (χ0) is 28.0. The lowest BCUT2D eigenvalue weighted by atomic mass is 9.87. The molecular formula is C31H48N2O6. The summed E-state index contributed by atoms with van der Waals surface area (Å²) in [6.07, 6.45) is 15.7. The maximum atomic E-state index is 12.6. The molecule has 218 valence electrons. The first-order chi connectivity index (χ1) is 18.7. The summed E-state index contributed by atoms with van der Waals surface area (Å²) in [5, 5.41) is 17.1. The van der Waals surface area contributed by atoms with E-state index >= 15 is 0 Å². The van der Waals surface area contributed by atoms with Crippen LogP contribution >= 0.6 is 0 Å². The molecule has 3 heterocycles. The first kappa shape index (κ1) is 30.0. The van der Waals surface area contributed by atoms with Crippen molar-refractivity contribution in [3.8, 4) is 0 Å². The lowest BCUT2D eigenvalue weighted by Gasteiger charge is -2.39. The van der Waals surface area contributed by atoms with Crippen LogP contribution in [0.3, 0.4) is 0 Å². The maximum absolute atomic E-state index is 12.6. The van der Waals surface area contributed by atoms with E-state index in [1.807, 2.05) is 39.0 Å². The molecule has 0 aromatic carbocycles. The van der Waals surface area contributed by atoms with Crippen LogP contribution in [-0.2, 0) is 23.8 Å². The van der Waals surface area contributed by atoms with Gasteiger partial charge in [-0.1, -0.05) is 56.6 Å². The minimum Gasteiger partial charge on any atom is -0.387 e. The molecule has 3 N–H and O–H groups in total. The summed E-state index contributed by atoms with van der Waals surface area (Å²) in [7, 11) is 0. The van der Waals surface area contributed by atoms with Gasteiger partial charge in [-0.15, -0.1) is 0 Å². The molecule has 8 nitrogen and oxygen atoms in total. The quantitative estimate of drug-likeness (QED) is 0.219. The van der Waals surface area contributed by atoms with Gasteiger partial charge in [0.1, 0.15) is 17.8 Å². The second kappa shape index (κ2) is 13.6.